The average Bonchev–Trinajstić information content (AvgIpc) is 2.32. The molecule has 68 valence electrons. The first-order valence-electron chi connectivity index (χ1n) is 3.26. The van der Waals surface area contributed by atoms with Gasteiger partial charge in [-0.2, -0.15) is 13.2 Å². The molecule has 1 N–H and O–H groups in total. The van der Waals surface area contributed by atoms with E-state index in [-0.39, 0.29) is 5.56 Å². The minimum Gasteiger partial charge on any atom is -0.472 e. The van der Waals surface area contributed by atoms with Crippen molar-refractivity contribution in [2.75, 3.05) is 0 Å². The van der Waals surface area contributed by atoms with Gasteiger partial charge in [0.1, 0.15) is 0 Å². The van der Waals surface area contributed by atoms with Crippen LogP contribution in [0, 0.1) is 0 Å². The first-order chi connectivity index (χ1) is 5.49. The Morgan fingerprint density at radius 1 is 1.50 bits per heavy atom. The Morgan fingerprint density at radius 3 is 2.58 bits per heavy atom. The molecule has 0 amide bonds. The van der Waals surface area contributed by atoms with Crippen LogP contribution in [0.3, 0.4) is 0 Å². The lowest BCUT2D eigenvalue weighted by atomic mass is 10.1. The first kappa shape index (κ1) is 9.12. The fraction of sp³-hybridized carbons (Fsp3) is 0.429. The highest BCUT2D eigenvalue weighted by atomic mass is 19.4. The van der Waals surface area contributed by atoms with Crippen molar-refractivity contribution < 1.29 is 22.7 Å². The van der Waals surface area contributed by atoms with Gasteiger partial charge >= 0.3 is 6.18 Å². The number of rotatable bonds is 2. The third-order valence-electron chi connectivity index (χ3n) is 1.35. The van der Waals surface area contributed by atoms with E-state index in [1.165, 1.54) is 12.3 Å². The van der Waals surface area contributed by atoms with Crippen molar-refractivity contribution in [1.82, 2.24) is 0 Å². The molecule has 0 aromatic carbocycles. The van der Waals surface area contributed by atoms with Crippen molar-refractivity contribution in [2.45, 2.75) is 18.7 Å². The zero-order chi connectivity index (χ0) is 9.19. The van der Waals surface area contributed by atoms with Crippen LogP contribution >= 0.6 is 0 Å². The number of aliphatic hydroxyl groups excluding tert-OH is 1. The normalized spacial score (nSPS) is 14.7. The van der Waals surface area contributed by atoms with Gasteiger partial charge in [-0.15, -0.1) is 0 Å². The van der Waals surface area contributed by atoms with Gasteiger partial charge in [0.15, 0.2) is 0 Å². The second kappa shape index (κ2) is 3.18. The molecule has 1 aromatic rings. The van der Waals surface area contributed by atoms with Crippen molar-refractivity contribution in [3.8, 4) is 0 Å². The molecule has 2 nitrogen and oxygen atoms in total. The number of furan rings is 1. The van der Waals surface area contributed by atoms with Gasteiger partial charge < -0.3 is 9.52 Å². The summed E-state index contributed by atoms with van der Waals surface area (Å²) in [6, 6.07) is 1.30. The summed E-state index contributed by atoms with van der Waals surface area (Å²) in [4.78, 5) is 0. The van der Waals surface area contributed by atoms with Crippen LogP contribution in [0.2, 0.25) is 0 Å². The molecule has 0 bridgehead atoms. The second-order valence-electron chi connectivity index (χ2n) is 2.39. The maximum absolute atomic E-state index is 11.7. The van der Waals surface area contributed by atoms with Crippen molar-refractivity contribution in [1.29, 1.82) is 0 Å². The van der Waals surface area contributed by atoms with E-state index >= 15 is 0 Å². The molecule has 12 heavy (non-hydrogen) atoms. The lowest BCUT2D eigenvalue weighted by Crippen LogP contribution is -2.12. The van der Waals surface area contributed by atoms with Crippen LogP contribution in [0.5, 0.6) is 0 Å². The van der Waals surface area contributed by atoms with Gasteiger partial charge in [0, 0.05) is 5.56 Å². The summed E-state index contributed by atoms with van der Waals surface area (Å²) in [5.41, 5.74) is 0.146. The fourth-order valence-corrected chi connectivity index (χ4v) is 0.802. The molecule has 0 fully saturated rings. The van der Waals surface area contributed by atoms with Gasteiger partial charge in [-0.05, 0) is 6.07 Å². The summed E-state index contributed by atoms with van der Waals surface area (Å²) >= 11 is 0. The molecule has 1 heterocycles. The molecule has 1 unspecified atom stereocenters. The first-order valence-corrected chi connectivity index (χ1v) is 3.26. The van der Waals surface area contributed by atoms with E-state index in [9.17, 15) is 13.2 Å². The van der Waals surface area contributed by atoms with Crippen LogP contribution in [-0.2, 0) is 0 Å². The molecule has 0 spiro atoms. The molecule has 0 aliphatic rings. The van der Waals surface area contributed by atoms with Gasteiger partial charge in [-0.3, -0.25) is 0 Å². The van der Waals surface area contributed by atoms with E-state index in [1.807, 2.05) is 0 Å². The quantitative estimate of drug-likeness (QED) is 0.757. The molecule has 0 aliphatic carbocycles. The monoisotopic (exact) mass is 180 g/mol. The van der Waals surface area contributed by atoms with Gasteiger partial charge in [-0.1, -0.05) is 0 Å². The zero-order valence-electron chi connectivity index (χ0n) is 6.01. The molecular formula is C7H7F3O2. The molecule has 1 aromatic heterocycles. The van der Waals surface area contributed by atoms with Crippen molar-refractivity contribution in [2.24, 2.45) is 0 Å². The standard InChI is InChI=1S/C7H7F3O2/c8-7(9,10)3-6(11)5-1-2-12-4-5/h1-2,4,6,11H,3H2. The van der Waals surface area contributed by atoms with Crippen LogP contribution in [0.25, 0.3) is 0 Å². The topological polar surface area (TPSA) is 33.4 Å². The summed E-state index contributed by atoms with van der Waals surface area (Å²) in [5, 5.41) is 8.97. The maximum atomic E-state index is 11.7. The molecule has 1 atom stereocenters. The van der Waals surface area contributed by atoms with E-state index in [0.29, 0.717) is 0 Å². The Morgan fingerprint density at radius 2 is 2.17 bits per heavy atom. The largest absolute Gasteiger partial charge is 0.472 e. The Balaban J connectivity index is 2.56. The minimum atomic E-state index is -4.35. The summed E-state index contributed by atoms with van der Waals surface area (Å²) in [5.74, 6) is 0. The van der Waals surface area contributed by atoms with E-state index in [1.54, 1.807) is 0 Å². The predicted octanol–water partition coefficient (Wildman–Crippen LogP) is 2.27. The molecular weight excluding hydrogens is 173 g/mol. The van der Waals surface area contributed by atoms with Crippen molar-refractivity contribution >= 4 is 0 Å². The van der Waals surface area contributed by atoms with Crippen LogP contribution in [0.4, 0.5) is 13.2 Å². The summed E-state index contributed by atoms with van der Waals surface area (Å²) in [6.07, 6.45) is -4.81. The minimum absolute atomic E-state index is 0.146. The van der Waals surface area contributed by atoms with Crippen LogP contribution < -0.4 is 0 Å². The number of alkyl halides is 3. The van der Waals surface area contributed by atoms with Crippen molar-refractivity contribution in [3.63, 3.8) is 0 Å². The maximum Gasteiger partial charge on any atom is 0.391 e. The Bertz CT molecular complexity index is 227. The zero-order valence-corrected chi connectivity index (χ0v) is 6.01. The number of hydrogen-bond donors (Lipinski definition) is 1. The smallest absolute Gasteiger partial charge is 0.391 e. The summed E-state index contributed by atoms with van der Waals surface area (Å²) in [7, 11) is 0. The molecule has 0 radical (unpaired) electrons. The highest BCUT2D eigenvalue weighted by molar-refractivity contribution is 5.09. The fourth-order valence-electron chi connectivity index (χ4n) is 0.802. The van der Waals surface area contributed by atoms with Crippen LogP contribution in [-0.4, -0.2) is 11.3 Å². The highest BCUT2D eigenvalue weighted by Gasteiger charge is 2.31. The van der Waals surface area contributed by atoms with Crippen molar-refractivity contribution in [3.05, 3.63) is 24.2 Å². The van der Waals surface area contributed by atoms with Gasteiger partial charge in [0.05, 0.1) is 25.1 Å². The Kier molecular flexibility index (Phi) is 2.42. The van der Waals surface area contributed by atoms with Crippen LogP contribution in [0.1, 0.15) is 18.1 Å². The third-order valence-corrected chi connectivity index (χ3v) is 1.35. The van der Waals surface area contributed by atoms with E-state index in [0.717, 1.165) is 6.26 Å². The lowest BCUT2D eigenvalue weighted by molar-refractivity contribution is -0.154. The Hall–Kier alpha value is -0.970. The molecule has 5 heteroatoms. The molecule has 0 saturated carbocycles. The average molecular weight is 180 g/mol. The molecule has 0 saturated heterocycles. The summed E-state index contributed by atoms with van der Waals surface area (Å²) < 4.78 is 39.6. The number of aliphatic hydroxyl groups is 1. The van der Waals surface area contributed by atoms with E-state index < -0.39 is 18.7 Å². The SMILES string of the molecule is OC(CC(F)(F)F)c1ccoc1. The van der Waals surface area contributed by atoms with Crippen LogP contribution in [0.15, 0.2) is 23.0 Å². The molecule has 1 rings (SSSR count). The van der Waals surface area contributed by atoms with E-state index in [2.05, 4.69) is 4.42 Å². The second-order valence-corrected chi connectivity index (χ2v) is 2.39. The van der Waals surface area contributed by atoms with Gasteiger partial charge in [0.25, 0.3) is 0 Å². The number of hydrogen-bond acceptors (Lipinski definition) is 2. The van der Waals surface area contributed by atoms with Gasteiger partial charge in [-0.25, -0.2) is 0 Å². The highest BCUT2D eigenvalue weighted by Crippen LogP contribution is 2.29. The molecule has 0 aliphatic heterocycles. The predicted molar refractivity (Wildman–Crippen MR) is 34.3 cm³/mol. The Labute approximate surface area is 66.6 Å². The summed E-state index contributed by atoms with van der Waals surface area (Å²) in [6.45, 7) is 0. The third kappa shape index (κ3) is 2.58. The lowest BCUT2D eigenvalue weighted by Gasteiger charge is -2.10. The van der Waals surface area contributed by atoms with Gasteiger partial charge in [0.2, 0.25) is 0 Å². The van der Waals surface area contributed by atoms with E-state index in [4.69, 9.17) is 5.11 Å². The number of halogens is 3.